The molecule has 162 valence electrons. The van der Waals surface area contributed by atoms with E-state index < -0.39 is 0 Å². The third kappa shape index (κ3) is 3.85. The maximum atomic E-state index is 13.4. The number of allylic oxidation sites excluding steroid dienone is 2. The molecule has 0 fully saturated rings. The number of carbonyl (C=O) groups is 2. The van der Waals surface area contributed by atoms with E-state index in [0.717, 1.165) is 28.1 Å². The first-order valence-corrected chi connectivity index (χ1v) is 10.6. The predicted molar refractivity (Wildman–Crippen MR) is 121 cm³/mol. The Kier molecular flexibility index (Phi) is 5.38. The van der Waals surface area contributed by atoms with Gasteiger partial charge in [0.2, 0.25) is 5.91 Å². The first kappa shape index (κ1) is 21.2. The van der Waals surface area contributed by atoms with Crippen LogP contribution in [0.2, 0.25) is 0 Å². The van der Waals surface area contributed by atoms with Crippen LogP contribution < -0.4 is 14.4 Å². The van der Waals surface area contributed by atoms with Gasteiger partial charge in [0.05, 0.1) is 14.2 Å². The van der Waals surface area contributed by atoms with E-state index in [2.05, 4.69) is 13.8 Å². The molecule has 2 aromatic carbocycles. The van der Waals surface area contributed by atoms with Crippen LogP contribution in [0.25, 0.3) is 0 Å². The number of ether oxygens (including phenoxy) is 2. The minimum atomic E-state index is -0.285. The molecule has 1 heterocycles. The van der Waals surface area contributed by atoms with Crippen molar-refractivity contribution in [2.24, 2.45) is 5.41 Å². The molecule has 0 bridgehead atoms. The highest BCUT2D eigenvalue weighted by Gasteiger charge is 2.44. The number of ketones is 1. The molecule has 1 amide bonds. The molecule has 2 aromatic rings. The summed E-state index contributed by atoms with van der Waals surface area (Å²) in [5, 5.41) is 0. The summed E-state index contributed by atoms with van der Waals surface area (Å²) in [5.74, 6) is 1.07. The Hall–Kier alpha value is -3.08. The van der Waals surface area contributed by atoms with Crippen molar-refractivity contribution in [1.29, 1.82) is 0 Å². The summed E-state index contributed by atoms with van der Waals surface area (Å²) in [7, 11) is 3.18. The van der Waals surface area contributed by atoms with Gasteiger partial charge in [0.25, 0.3) is 0 Å². The van der Waals surface area contributed by atoms with Crippen LogP contribution in [0.1, 0.15) is 50.2 Å². The van der Waals surface area contributed by atoms with Gasteiger partial charge < -0.3 is 9.47 Å². The van der Waals surface area contributed by atoms with E-state index in [1.165, 1.54) is 0 Å². The molecular weight excluding hydrogens is 390 g/mol. The van der Waals surface area contributed by atoms with E-state index >= 15 is 0 Å². The summed E-state index contributed by atoms with van der Waals surface area (Å²) in [6.07, 6.45) is 1.40. The Morgan fingerprint density at radius 1 is 0.935 bits per heavy atom. The second kappa shape index (κ2) is 7.88. The molecule has 5 heteroatoms. The fourth-order valence-electron chi connectivity index (χ4n) is 4.76. The smallest absolute Gasteiger partial charge is 0.232 e. The Balaban J connectivity index is 1.88. The zero-order valence-corrected chi connectivity index (χ0v) is 18.8. The molecule has 4 rings (SSSR count). The topological polar surface area (TPSA) is 55.8 Å². The summed E-state index contributed by atoms with van der Waals surface area (Å²) in [4.78, 5) is 28.6. The van der Waals surface area contributed by atoms with Crippen LogP contribution >= 0.6 is 0 Å². The maximum Gasteiger partial charge on any atom is 0.232 e. The Morgan fingerprint density at radius 3 is 2.26 bits per heavy atom. The first-order chi connectivity index (χ1) is 14.7. The van der Waals surface area contributed by atoms with Gasteiger partial charge in [-0.2, -0.15) is 0 Å². The zero-order chi connectivity index (χ0) is 22.3. The highest BCUT2D eigenvalue weighted by molar-refractivity contribution is 6.07. The molecule has 2 aliphatic rings. The minimum Gasteiger partial charge on any atom is -0.493 e. The molecule has 0 radical (unpaired) electrons. The van der Waals surface area contributed by atoms with Gasteiger partial charge >= 0.3 is 0 Å². The molecule has 31 heavy (non-hydrogen) atoms. The van der Waals surface area contributed by atoms with Crippen molar-refractivity contribution in [3.05, 3.63) is 64.9 Å². The van der Waals surface area contributed by atoms with Crippen molar-refractivity contribution in [2.75, 3.05) is 19.1 Å². The monoisotopic (exact) mass is 419 g/mol. The van der Waals surface area contributed by atoms with Gasteiger partial charge in [0, 0.05) is 35.7 Å². The SMILES string of the molecule is COc1ccc(C2CC(=O)N(c3ccc(C)cc3)C3=C2C(=O)CC(C)(C)C3)cc1OC. The fourth-order valence-corrected chi connectivity index (χ4v) is 4.76. The molecule has 1 aliphatic heterocycles. The zero-order valence-electron chi connectivity index (χ0n) is 18.8. The minimum absolute atomic E-state index is 0.00730. The molecule has 1 aliphatic carbocycles. The molecule has 0 saturated heterocycles. The second-order valence-corrected chi connectivity index (χ2v) is 9.24. The van der Waals surface area contributed by atoms with Crippen molar-refractivity contribution in [1.82, 2.24) is 0 Å². The molecular formula is C26H29NO4. The van der Waals surface area contributed by atoms with Crippen LogP contribution in [0, 0.1) is 12.3 Å². The lowest BCUT2D eigenvalue weighted by Gasteiger charge is -2.43. The third-order valence-electron chi connectivity index (χ3n) is 6.25. The number of carbonyl (C=O) groups excluding carboxylic acids is 2. The largest absolute Gasteiger partial charge is 0.493 e. The van der Waals surface area contributed by atoms with E-state index in [1.54, 1.807) is 19.1 Å². The summed E-state index contributed by atoms with van der Waals surface area (Å²) in [5.41, 5.74) is 4.24. The third-order valence-corrected chi connectivity index (χ3v) is 6.25. The van der Waals surface area contributed by atoms with E-state index in [-0.39, 0.29) is 29.4 Å². The van der Waals surface area contributed by atoms with Crippen LogP contribution in [-0.4, -0.2) is 25.9 Å². The van der Waals surface area contributed by atoms with E-state index in [4.69, 9.17) is 9.47 Å². The number of rotatable bonds is 4. The summed E-state index contributed by atoms with van der Waals surface area (Å²) in [6, 6.07) is 13.6. The number of hydrogen-bond donors (Lipinski definition) is 0. The fraction of sp³-hybridized carbons (Fsp3) is 0.385. The molecule has 0 saturated carbocycles. The normalized spacial score (nSPS) is 20.5. The molecule has 5 nitrogen and oxygen atoms in total. The van der Waals surface area contributed by atoms with E-state index in [9.17, 15) is 9.59 Å². The van der Waals surface area contributed by atoms with Gasteiger partial charge in [-0.05, 0) is 48.6 Å². The van der Waals surface area contributed by atoms with Gasteiger partial charge in [-0.3, -0.25) is 14.5 Å². The number of anilines is 1. The van der Waals surface area contributed by atoms with Crippen LogP contribution in [-0.2, 0) is 9.59 Å². The number of hydrogen-bond acceptors (Lipinski definition) is 4. The summed E-state index contributed by atoms with van der Waals surface area (Å²) in [6.45, 7) is 6.20. The summed E-state index contributed by atoms with van der Waals surface area (Å²) >= 11 is 0. The average molecular weight is 420 g/mol. The van der Waals surface area contributed by atoms with E-state index in [0.29, 0.717) is 24.3 Å². The van der Waals surface area contributed by atoms with Crippen molar-refractivity contribution in [3.63, 3.8) is 0 Å². The van der Waals surface area contributed by atoms with E-state index in [1.807, 2.05) is 49.4 Å². The number of amides is 1. The van der Waals surface area contributed by atoms with Crippen molar-refractivity contribution < 1.29 is 19.1 Å². The predicted octanol–water partition coefficient (Wildman–Crippen LogP) is 5.18. The van der Waals surface area contributed by atoms with Crippen LogP contribution in [0.15, 0.2) is 53.7 Å². The van der Waals surface area contributed by atoms with Gasteiger partial charge in [-0.15, -0.1) is 0 Å². The number of benzene rings is 2. The van der Waals surface area contributed by atoms with Crippen LogP contribution in [0.4, 0.5) is 5.69 Å². The van der Waals surface area contributed by atoms with Crippen LogP contribution in [0.3, 0.4) is 0 Å². The molecule has 0 N–H and O–H groups in total. The van der Waals surface area contributed by atoms with Crippen molar-refractivity contribution in [3.8, 4) is 11.5 Å². The molecule has 0 spiro atoms. The molecule has 0 aromatic heterocycles. The van der Waals surface area contributed by atoms with Crippen LogP contribution in [0.5, 0.6) is 11.5 Å². The standard InChI is InChI=1S/C26H29NO4/c1-16-6-9-18(10-7-16)27-20-14-26(2,3)15-21(28)25(20)19(13-24(27)29)17-8-11-22(30-4)23(12-17)31-5/h6-12,19H,13-15H2,1-5H3. The number of nitrogens with zero attached hydrogens (tertiary/aromatic N) is 1. The van der Waals surface area contributed by atoms with Gasteiger partial charge in [0.15, 0.2) is 17.3 Å². The Bertz CT molecular complexity index is 1070. The lowest BCUT2D eigenvalue weighted by atomic mass is 9.69. The maximum absolute atomic E-state index is 13.4. The van der Waals surface area contributed by atoms with Crippen molar-refractivity contribution in [2.45, 2.75) is 46.0 Å². The number of Topliss-reactive ketones (excluding diaryl/α,β-unsaturated/α-hetero) is 1. The van der Waals surface area contributed by atoms with Gasteiger partial charge in [0.1, 0.15) is 0 Å². The van der Waals surface area contributed by atoms with Gasteiger partial charge in [-0.25, -0.2) is 0 Å². The second-order valence-electron chi connectivity index (χ2n) is 9.24. The highest BCUT2D eigenvalue weighted by atomic mass is 16.5. The molecule has 1 atom stereocenters. The lowest BCUT2D eigenvalue weighted by Crippen LogP contribution is -2.43. The number of aryl methyl sites for hydroxylation is 1. The van der Waals surface area contributed by atoms with Crippen molar-refractivity contribution >= 4 is 17.4 Å². The Morgan fingerprint density at radius 2 is 1.61 bits per heavy atom. The highest BCUT2D eigenvalue weighted by Crippen LogP contribution is 2.48. The average Bonchev–Trinajstić information content (AvgIpc) is 2.72. The van der Waals surface area contributed by atoms with Gasteiger partial charge in [-0.1, -0.05) is 37.6 Å². The number of methoxy groups -OCH3 is 2. The Labute approximate surface area is 183 Å². The lowest BCUT2D eigenvalue weighted by molar-refractivity contribution is -0.121. The summed E-state index contributed by atoms with van der Waals surface area (Å²) < 4.78 is 10.8. The molecule has 1 unspecified atom stereocenters. The quantitative estimate of drug-likeness (QED) is 0.686. The first-order valence-electron chi connectivity index (χ1n) is 10.6.